The van der Waals surface area contributed by atoms with Crippen molar-refractivity contribution in [1.82, 2.24) is 20.2 Å². The van der Waals surface area contributed by atoms with Gasteiger partial charge in [-0.15, -0.1) is 5.10 Å². The first-order valence-electron chi connectivity index (χ1n) is 9.30. The van der Waals surface area contributed by atoms with E-state index in [0.29, 0.717) is 23.8 Å². The molecule has 1 aliphatic heterocycles. The maximum Gasteiger partial charge on any atom is 0.277 e. The van der Waals surface area contributed by atoms with Crippen molar-refractivity contribution in [3.8, 4) is 11.4 Å². The number of rotatable bonds is 4. The van der Waals surface area contributed by atoms with Crippen molar-refractivity contribution in [2.45, 2.75) is 6.42 Å². The Morgan fingerprint density at radius 2 is 1.83 bits per heavy atom. The zero-order chi connectivity index (χ0) is 19.6. The molecule has 0 fully saturated rings. The van der Waals surface area contributed by atoms with E-state index in [1.807, 2.05) is 54.6 Å². The molecule has 7 heteroatoms. The number of carbonyl (C=O) groups is 1. The first-order valence-corrected chi connectivity index (χ1v) is 9.30. The van der Waals surface area contributed by atoms with Crippen LogP contribution in [0, 0.1) is 0 Å². The van der Waals surface area contributed by atoms with Crippen molar-refractivity contribution in [2.75, 3.05) is 11.4 Å². The normalized spacial score (nSPS) is 13.5. The summed E-state index contributed by atoms with van der Waals surface area (Å²) in [4.78, 5) is 15.4. The van der Waals surface area contributed by atoms with Gasteiger partial charge in [0.05, 0.1) is 6.26 Å². The van der Waals surface area contributed by atoms with Crippen molar-refractivity contribution in [2.24, 2.45) is 0 Å². The predicted molar refractivity (Wildman–Crippen MR) is 109 cm³/mol. The van der Waals surface area contributed by atoms with Gasteiger partial charge in [-0.05, 0) is 40.6 Å². The van der Waals surface area contributed by atoms with Crippen LogP contribution in [0.2, 0.25) is 0 Å². The Balaban J connectivity index is 1.62. The SMILES string of the molecule is O=C(/C(=C/c1ccco1)n1nnnc1-c1ccccc1)N1CCc2ccccc21. The molecule has 2 aromatic heterocycles. The third-order valence-corrected chi connectivity index (χ3v) is 4.90. The van der Waals surface area contributed by atoms with Gasteiger partial charge in [0.25, 0.3) is 5.91 Å². The highest BCUT2D eigenvalue weighted by Gasteiger charge is 2.29. The van der Waals surface area contributed by atoms with E-state index in [-0.39, 0.29) is 5.91 Å². The van der Waals surface area contributed by atoms with E-state index in [4.69, 9.17) is 4.42 Å². The van der Waals surface area contributed by atoms with Crippen LogP contribution in [-0.2, 0) is 11.2 Å². The molecule has 2 aromatic carbocycles. The van der Waals surface area contributed by atoms with E-state index in [2.05, 4.69) is 15.5 Å². The minimum atomic E-state index is -0.184. The number of nitrogens with zero attached hydrogens (tertiary/aromatic N) is 5. The number of hydrogen-bond donors (Lipinski definition) is 0. The van der Waals surface area contributed by atoms with Gasteiger partial charge in [-0.2, -0.15) is 4.68 Å². The fraction of sp³-hybridized carbons (Fsp3) is 0.0909. The molecule has 0 aliphatic carbocycles. The quantitative estimate of drug-likeness (QED) is 0.504. The van der Waals surface area contributed by atoms with E-state index in [0.717, 1.165) is 23.2 Å². The van der Waals surface area contributed by atoms with Crippen LogP contribution in [-0.4, -0.2) is 32.7 Å². The lowest BCUT2D eigenvalue weighted by Gasteiger charge is -2.19. The van der Waals surface area contributed by atoms with E-state index in [1.54, 1.807) is 29.4 Å². The molecule has 0 radical (unpaired) electrons. The molecule has 7 nitrogen and oxygen atoms in total. The Kier molecular flexibility index (Phi) is 4.25. The average Bonchev–Trinajstić information content (AvgIpc) is 3.53. The molecule has 142 valence electrons. The topological polar surface area (TPSA) is 77.0 Å². The van der Waals surface area contributed by atoms with Gasteiger partial charge in [0.15, 0.2) is 5.82 Å². The Morgan fingerprint density at radius 3 is 2.66 bits per heavy atom. The first-order chi connectivity index (χ1) is 14.3. The molecule has 1 amide bonds. The van der Waals surface area contributed by atoms with Crippen LogP contribution in [0.25, 0.3) is 23.2 Å². The third-order valence-electron chi connectivity index (χ3n) is 4.90. The summed E-state index contributed by atoms with van der Waals surface area (Å²) >= 11 is 0. The van der Waals surface area contributed by atoms with Gasteiger partial charge in [0.2, 0.25) is 0 Å². The summed E-state index contributed by atoms with van der Waals surface area (Å²) in [5.41, 5.74) is 3.20. The zero-order valence-corrected chi connectivity index (χ0v) is 15.5. The van der Waals surface area contributed by atoms with E-state index in [1.165, 1.54) is 4.68 Å². The summed E-state index contributed by atoms with van der Waals surface area (Å²) in [6.07, 6.45) is 4.06. The molecule has 3 heterocycles. The fourth-order valence-electron chi connectivity index (χ4n) is 3.53. The van der Waals surface area contributed by atoms with Crippen LogP contribution in [0.3, 0.4) is 0 Å². The van der Waals surface area contributed by atoms with Crippen LogP contribution in [0.4, 0.5) is 5.69 Å². The van der Waals surface area contributed by atoms with Gasteiger partial charge < -0.3 is 9.32 Å². The minimum Gasteiger partial charge on any atom is -0.465 e. The molecule has 0 bridgehead atoms. The Bertz CT molecular complexity index is 1180. The molecule has 0 atom stereocenters. The van der Waals surface area contributed by atoms with Gasteiger partial charge >= 0.3 is 0 Å². The van der Waals surface area contributed by atoms with Crippen molar-refractivity contribution in [1.29, 1.82) is 0 Å². The predicted octanol–water partition coefficient (Wildman–Crippen LogP) is 3.52. The van der Waals surface area contributed by atoms with Crippen LogP contribution in [0.5, 0.6) is 0 Å². The summed E-state index contributed by atoms with van der Waals surface area (Å²) in [5, 5.41) is 12.1. The summed E-state index contributed by atoms with van der Waals surface area (Å²) in [6, 6.07) is 21.0. The van der Waals surface area contributed by atoms with Crippen LogP contribution < -0.4 is 4.90 Å². The van der Waals surface area contributed by atoms with Gasteiger partial charge in [-0.25, -0.2) is 0 Å². The van der Waals surface area contributed by atoms with E-state index in [9.17, 15) is 4.79 Å². The first kappa shape index (κ1) is 17.1. The Morgan fingerprint density at radius 1 is 1.00 bits per heavy atom. The van der Waals surface area contributed by atoms with E-state index < -0.39 is 0 Å². The van der Waals surface area contributed by atoms with E-state index >= 15 is 0 Å². The highest BCUT2D eigenvalue weighted by molar-refractivity contribution is 6.25. The number of anilines is 1. The molecule has 1 aliphatic rings. The summed E-state index contributed by atoms with van der Waals surface area (Å²) in [7, 11) is 0. The van der Waals surface area contributed by atoms with Gasteiger partial charge in [0.1, 0.15) is 11.5 Å². The minimum absolute atomic E-state index is 0.184. The van der Waals surface area contributed by atoms with Crippen LogP contribution in [0.15, 0.2) is 77.4 Å². The molecule has 0 spiro atoms. The Labute approximate surface area is 166 Å². The highest BCUT2D eigenvalue weighted by Crippen LogP contribution is 2.31. The second-order valence-corrected chi connectivity index (χ2v) is 6.66. The van der Waals surface area contributed by atoms with Gasteiger partial charge in [-0.1, -0.05) is 48.5 Å². The van der Waals surface area contributed by atoms with Crippen molar-refractivity contribution in [3.05, 3.63) is 84.3 Å². The van der Waals surface area contributed by atoms with Crippen molar-refractivity contribution >= 4 is 23.4 Å². The number of amides is 1. The molecule has 5 rings (SSSR count). The molecule has 0 saturated carbocycles. The molecule has 0 unspecified atom stereocenters. The number of fused-ring (bicyclic) bond motifs is 1. The fourth-order valence-corrected chi connectivity index (χ4v) is 3.53. The largest absolute Gasteiger partial charge is 0.465 e. The number of tetrazole rings is 1. The standard InChI is InChI=1S/C22H17N5O2/c28-22(26-13-12-16-7-4-5-11-19(16)26)20(15-18-10-6-14-29-18)27-21(23-24-25-27)17-8-2-1-3-9-17/h1-11,14-15H,12-13H2/b20-15-. The number of furan rings is 1. The lowest BCUT2D eigenvalue weighted by atomic mass is 10.2. The van der Waals surface area contributed by atoms with Crippen LogP contribution in [0.1, 0.15) is 11.3 Å². The number of benzene rings is 2. The number of aromatic nitrogens is 4. The summed E-state index contributed by atoms with van der Waals surface area (Å²) < 4.78 is 6.93. The molecule has 4 aromatic rings. The summed E-state index contributed by atoms with van der Waals surface area (Å²) in [5.74, 6) is 0.857. The second kappa shape index (κ2) is 7.20. The van der Waals surface area contributed by atoms with Crippen molar-refractivity contribution in [3.63, 3.8) is 0 Å². The summed E-state index contributed by atoms with van der Waals surface area (Å²) in [6.45, 7) is 0.608. The molecular formula is C22H17N5O2. The third kappa shape index (κ3) is 3.12. The maximum atomic E-state index is 13.6. The smallest absolute Gasteiger partial charge is 0.277 e. The number of para-hydroxylation sites is 1. The molecule has 0 N–H and O–H groups in total. The number of hydrogen-bond acceptors (Lipinski definition) is 5. The lowest BCUT2D eigenvalue weighted by molar-refractivity contribution is -0.113. The van der Waals surface area contributed by atoms with Crippen LogP contribution >= 0.6 is 0 Å². The lowest BCUT2D eigenvalue weighted by Crippen LogP contribution is -2.32. The molecule has 29 heavy (non-hydrogen) atoms. The monoisotopic (exact) mass is 383 g/mol. The van der Waals surface area contributed by atoms with Gasteiger partial charge in [0, 0.05) is 23.9 Å². The maximum absolute atomic E-state index is 13.6. The zero-order valence-electron chi connectivity index (χ0n) is 15.5. The average molecular weight is 383 g/mol. The number of carbonyl (C=O) groups excluding carboxylic acids is 1. The Hall–Kier alpha value is -4.00. The second-order valence-electron chi connectivity index (χ2n) is 6.66. The molecular weight excluding hydrogens is 366 g/mol. The highest BCUT2D eigenvalue weighted by atomic mass is 16.3. The van der Waals surface area contributed by atoms with Crippen molar-refractivity contribution < 1.29 is 9.21 Å². The molecule has 0 saturated heterocycles. The van der Waals surface area contributed by atoms with Gasteiger partial charge in [-0.3, -0.25) is 4.79 Å².